The third kappa shape index (κ3) is 4.33. The molecule has 5 nitrogen and oxygen atoms in total. The molecule has 0 spiro atoms. The van der Waals surface area contributed by atoms with E-state index in [4.69, 9.17) is 10.2 Å². The number of nitrogens with zero attached hydrogens (tertiary/aromatic N) is 2. The second-order valence-electron chi connectivity index (χ2n) is 7.27. The van der Waals surface area contributed by atoms with Crippen LogP contribution in [0.1, 0.15) is 72.8 Å². The van der Waals surface area contributed by atoms with E-state index < -0.39 is 0 Å². The molecule has 1 fully saturated rings. The van der Waals surface area contributed by atoms with Crippen molar-refractivity contribution in [1.29, 1.82) is 0 Å². The van der Waals surface area contributed by atoms with Gasteiger partial charge in [-0.2, -0.15) is 0 Å². The van der Waals surface area contributed by atoms with Crippen LogP contribution >= 0.6 is 0 Å². The fourth-order valence-corrected chi connectivity index (χ4v) is 3.70. The largest absolute Gasteiger partial charge is 0.443 e. The van der Waals surface area contributed by atoms with Crippen LogP contribution in [-0.4, -0.2) is 28.4 Å². The average molecular weight is 355 g/mol. The van der Waals surface area contributed by atoms with E-state index in [1.165, 1.54) is 5.56 Å². The van der Waals surface area contributed by atoms with Crippen molar-refractivity contribution in [2.24, 2.45) is 5.73 Å². The van der Waals surface area contributed by atoms with Crippen molar-refractivity contribution in [3.63, 3.8) is 0 Å². The van der Waals surface area contributed by atoms with Crippen LogP contribution in [0.25, 0.3) is 0 Å². The molecule has 1 aliphatic rings. The van der Waals surface area contributed by atoms with Crippen LogP contribution in [0.5, 0.6) is 0 Å². The number of hydrogen-bond donors (Lipinski definition) is 1. The van der Waals surface area contributed by atoms with Crippen molar-refractivity contribution in [2.45, 2.75) is 64.5 Å². The van der Waals surface area contributed by atoms with Crippen molar-refractivity contribution in [3.05, 3.63) is 53.2 Å². The molecule has 0 bridgehead atoms. The van der Waals surface area contributed by atoms with E-state index in [9.17, 15) is 4.79 Å². The number of carbonyl (C=O) groups is 1. The number of aromatic nitrogens is 1. The van der Waals surface area contributed by atoms with Crippen molar-refractivity contribution < 1.29 is 9.21 Å². The zero-order valence-corrected chi connectivity index (χ0v) is 15.8. The third-order valence-corrected chi connectivity index (χ3v) is 5.14. The molecule has 26 heavy (non-hydrogen) atoms. The predicted molar refractivity (Wildman–Crippen MR) is 102 cm³/mol. The fourth-order valence-electron chi connectivity index (χ4n) is 3.70. The van der Waals surface area contributed by atoms with Crippen LogP contribution in [-0.2, 0) is 6.42 Å². The SMILES string of the molecule is Cc1oc(C(C)N)nc1C(=O)N1CCCC1CCCCc1ccccc1. The van der Waals surface area contributed by atoms with E-state index in [1.54, 1.807) is 6.92 Å². The predicted octanol–water partition coefficient (Wildman–Crippen LogP) is 4.02. The lowest BCUT2D eigenvalue weighted by atomic mass is 10.0. The van der Waals surface area contributed by atoms with Crippen molar-refractivity contribution in [1.82, 2.24) is 9.88 Å². The molecule has 0 aliphatic carbocycles. The number of rotatable bonds is 7. The molecule has 2 aromatic rings. The highest BCUT2D eigenvalue weighted by Gasteiger charge is 2.32. The van der Waals surface area contributed by atoms with Crippen LogP contribution in [0.4, 0.5) is 0 Å². The van der Waals surface area contributed by atoms with Crippen LogP contribution in [0.3, 0.4) is 0 Å². The number of oxazole rings is 1. The number of carbonyl (C=O) groups excluding carboxylic acids is 1. The fraction of sp³-hybridized carbons (Fsp3) is 0.524. The number of nitrogens with two attached hydrogens (primary N) is 1. The van der Waals surface area contributed by atoms with E-state index in [1.807, 2.05) is 17.9 Å². The van der Waals surface area contributed by atoms with Gasteiger partial charge in [0.25, 0.3) is 5.91 Å². The molecule has 0 saturated carbocycles. The minimum absolute atomic E-state index is 0.0105. The Bertz CT molecular complexity index is 724. The second kappa shape index (κ2) is 8.49. The van der Waals surface area contributed by atoms with E-state index >= 15 is 0 Å². The van der Waals surface area contributed by atoms with Gasteiger partial charge < -0.3 is 15.1 Å². The van der Waals surface area contributed by atoms with Crippen molar-refractivity contribution in [3.8, 4) is 0 Å². The van der Waals surface area contributed by atoms with Crippen LogP contribution in [0, 0.1) is 6.92 Å². The standard InChI is InChI=1S/C21H29N3O2/c1-15(22)20-23-19(16(2)26-20)21(25)24-14-8-13-18(24)12-7-6-11-17-9-4-3-5-10-17/h3-5,9-10,15,18H,6-8,11-14,22H2,1-2H3. The number of benzene rings is 1. The van der Waals surface area contributed by atoms with Gasteiger partial charge in [-0.25, -0.2) is 4.98 Å². The zero-order chi connectivity index (χ0) is 18.5. The summed E-state index contributed by atoms with van der Waals surface area (Å²) in [5.41, 5.74) is 7.63. The summed E-state index contributed by atoms with van der Waals surface area (Å²) in [6.07, 6.45) is 6.57. The smallest absolute Gasteiger partial charge is 0.276 e. The maximum atomic E-state index is 12.9. The van der Waals surface area contributed by atoms with Gasteiger partial charge in [0.15, 0.2) is 5.69 Å². The first-order valence-corrected chi connectivity index (χ1v) is 9.64. The molecule has 1 aromatic heterocycles. The Labute approximate surface area is 155 Å². The number of unbranched alkanes of at least 4 members (excludes halogenated alkanes) is 1. The molecular weight excluding hydrogens is 326 g/mol. The first kappa shape index (κ1) is 18.6. The summed E-state index contributed by atoms with van der Waals surface area (Å²) >= 11 is 0. The minimum atomic E-state index is -0.303. The maximum Gasteiger partial charge on any atom is 0.276 e. The van der Waals surface area contributed by atoms with E-state index in [-0.39, 0.29) is 11.9 Å². The molecule has 2 unspecified atom stereocenters. The molecule has 1 aromatic carbocycles. The lowest BCUT2D eigenvalue weighted by molar-refractivity contribution is 0.0721. The monoisotopic (exact) mass is 355 g/mol. The van der Waals surface area contributed by atoms with Crippen molar-refractivity contribution >= 4 is 5.91 Å². The van der Waals surface area contributed by atoms with Crippen LogP contribution in [0.15, 0.2) is 34.7 Å². The highest BCUT2D eigenvalue weighted by atomic mass is 16.4. The summed E-state index contributed by atoms with van der Waals surface area (Å²) in [7, 11) is 0. The summed E-state index contributed by atoms with van der Waals surface area (Å²) in [6, 6.07) is 10.6. The summed E-state index contributed by atoms with van der Waals surface area (Å²) in [5, 5.41) is 0. The highest BCUT2D eigenvalue weighted by Crippen LogP contribution is 2.26. The van der Waals surface area contributed by atoms with Gasteiger partial charge in [-0.05, 0) is 51.5 Å². The molecule has 140 valence electrons. The summed E-state index contributed by atoms with van der Waals surface area (Å²) in [4.78, 5) is 19.3. The minimum Gasteiger partial charge on any atom is -0.443 e. The molecule has 5 heteroatoms. The van der Waals surface area contributed by atoms with Gasteiger partial charge in [-0.15, -0.1) is 0 Å². The second-order valence-corrected chi connectivity index (χ2v) is 7.27. The quantitative estimate of drug-likeness (QED) is 0.761. The molecule has 1 aliphatic heterocycles. The molecule has 2 N–H and O–H groups in total. The maximum absolute atomic E-state index is 12.9. The Hall–Kier alpha value is -2.14. The first-order valence-electron chi connectivity index (χ1n) is 9.64. The number of hydrogen-bond acceptors (Lipinski definition) is 4. The van der Waals surface area contributed by atoms with Crippen LogP contribution in [0.2, 0.25) is 0 Å². The Morgan fingerprint density at radius 3 is 2.81 bits per heavy atom. The Morgan fingerprint density at radius 2 is 2.12 bits per heavy atom. The van der Waals surface area contributed by atoms with Gasteiger partial charge in [0.05, 0.1) is 6.04 Å². The van der Waals surface area contributed by atoms with Gasteiger partial charge in [0.2, 0.25) is 5.89 Å². The lowest BCUT2D eigenvalue weighted by Crippen LogP contribution is -2.36. The summed E-state index contributed by atoms with van der Waals surface area (Å²) in [6.45, 7) is 4.41. The molecule has 3 rings (SSSR count). The normalized spacial score (nSPS) is 18.3. The third-order valence-electron chi connectivity index (χ3n) is 5.14. The highest BCUT2D eigenvalue weighted by molar-refractivity contribution is 5.93. The van der Waals surface area contributed by atoms with E-state index in [2.05, 4.69) is 29.2 Å². The number of aryl methyl sites for hydroxylation is 2. The average Bonchev–Trinajstić information content (AvgIpc) is 3.26. The van der Waals surface area contributed by atoms with E-state index in [0.29, 0.717) is 23.4 Å². The molecular formula is C21H29N3O2. The van der Waals surface area contributed by atoms with Gasteiger partial charge in [0.1, 0.15) is 5.76 Å². The molecule has 0 radical (unpaired) electrons. The Kier molecular flexibility index (Phi) is 6.09. The molecule has 2 atom stereocenters. The van der Waals surface area contributed by atoms with Gasteiger partial charge in [-0.3, -0.25) is 4.79 Å². The van der Waals surface area contributed by atoms with Gasteiger partial charge in [-0.1, -0.05) is 36.8 Å². The van der Waals surface area contributed by atoms with E-state index in [0.717, 1.165) is 45.1 Å². The van der Waals surface area contributed by atoms with Gasteiger partial charge in [0, 0.05) is 12.6 Å². The zero-order valence-electron chi connectivity index (χ0n) is 15.8. The molecule has 2 heterocycles. The van der Waals surface area contributed by atoms with Gasteiger partial charge >= 0.3 is 0 Å². The number of amides is 1. The first-order chi connectivity index (χ1) is 12.6. The van der Waals surface area contributed by atoms with Crippen LogP contribution < -0.4 is 5.73 Å². The molecule has 1 amide bonds. The van der Waals surface area contributed by atoms with Crippen molar-refractivity contribution in [2.75, 3.05) is 6.54 Å². The molecule has 1 saturated heterocycles. The number of likely N-dealkylation sites (tertiary alicyclic amines) is 1. The Morgan fingerprint density at radius 1 is 1.35 bits per heavy atom. The Balaban J connectivity index is 1.55. The lowest BCUT2D eigenvalue weighted by Gasteiger charge is -2.24. The summed E-state index contributed by atoms with van der Waals surface area (Å²) < 4.78 is 5.56. The summed E-state index contributed by atoms with van der Waals surface area (Å²) in [5.74, 6) is 0.991. The topological polar surface area (TPSA) is 72.4 Å².